The first-order valence-electron chi connectivity index (χ1n) is 15.6. The Morgan fingerprint density at radius 2 is 1.07 bits per heavy atom. The van der Waals surface area contributed by atoms with Crippen molar-refractivity contribution in [2.24, 2.45) is 11.8 Å². The molecule has 42 heavy (non-hydrogen) atoms. The quantitative estimate of drug-likeness (QED) is 0.127. The largest absolute Gasteiger partial charge is 0.282 e. The van der Waals surface area contributed by atoms with Gasteiger partial charge in [-0.15, -0.1) is 47.0 Å². The molecular formula is C32H52O2S8. The van der Waals surface area contributed by atoms with Crippen LogP contribution in [0.1, 0.15) is 79.1 Å². The molecule has 3 aliphatic rings. The van der Waals surface area contributed by atoms with Gasteiger partial charge in [0.2, 0.25) is 10.2 Å². The first-order valence-corrected chi connectivity index (χ1v) is 23.7. The number of thioether (sulfide) groups is 8. The van der Waals surface area contributed by atoms with Crippen LogP contribution in [-0.4, -0.2) is 74.9 Å². The van der Waals surface area contributed by atoms with E-state index in [1.165, 1.54) is 97.9 Å². The summed E-state index contributed by atoms with van der Waals surface area (Å²) in [6.45, 7) is 15.9. The minimum absolute atomic E-state index is 0.159. The Hall–Kier alpha value is 1.62. The summed E-state index contributed by atoms with van der Waals surface area (Å²) in [6.07, 6.45) is 10.8. The second-order valence-electron chi connectivity index (χ2n) is 11.9. The Balaban J connectivity index is 1.34. The Morgan fingerprint density at radius 3 is 1.40 bits per heavy atom. The average molecular weight is 725 g/mol. The molecule has 2 saturated heterocycles. The summed E-state index contributed by atoms with van der Waals surface area (Å²) in [5.74, 6) is 8.66. The van der Waals surface area contributed by atoms with E-state index < -0.39 is 0 Å². The monoisotopic (exact) mass is 724 g/mol. The highest BCUT2D eigenvalue weighted by Gasteiger charge is 2.35. The van der Waals surface area contributed by atoms with Gasteiger partial charge in [0.05, 0.1) is 9.16 Å². The van der Waals surface area contributed by atoms with Crippen molar-refractivity contribution < 1.29 is 9.59 Å². The molecule has 6 unspecified atom stereocenters. The van der Waals surface area contributed by atoms with Crippen molar-refractivity contribution in [3.8, 4) is 0 Å². The van der Waals surface area contributed by atoms with Gasteiger partial charge in [-0.05, 0) is 86.9 Å². The van der Waals surface area contributed by atoms with Crippen LogP contribution in [0.5, 0.6) is 0 Å². The van der Waals surface area contributed by atoms with Gasteiger partial charge >= 0.3 is 0 Å². The van der Waals surface area contributed by atoms with E-state index in [0.29, 0.717) is 30.8 Å². The van der Waals surface area contributed by atoms with Crippen LogP contribution in [0.25, 0.3) is 0 Å². The second-order valence-corrected chi connectivity index (χ2v) is 22.3. The van der Waals surface area contributed by atoms with Gasteiger partial charge in [-0.3, -0.25) is 9.59 Å². The van der Waals surface area contributed by atoms with Gasteiger partial charge < -0.3 is 0 Å². The SMILES string of the molecule is C=C(C)C(=O)SCC1CSC(C(CCC)SCC2CCC(CSC(CCC)C3SCC(CSC(=O)C(=C)C)S3)CC2)S1. The molecule has 2 nitrogen and oxygen atoms in total. The van der Waals surface area contributed by atoms with Gasteiger partial charge in [0.25, 0.3) is 0 Å². The van der Waals surface area contributed by atoms with E-state index >= 15 is 0 Å². The molecule has 240 valence electrons. The van der Waals surface area contributed by atoms with Crippen molar-refractivity contribution in [3.63, 3.8) is 0 Å². The Kier molecular flexibility index (Phi) is 18.8. The molecule has 6 atom stereocenters. The van der Waals surface area contributed by atoms with Crippen molar-refractivity contribution in [1.29, 1.82) is 0 Å². The molecule has 0 spiro atoms. The minimum atomic E-state index is 0.159. The second kappa shape index (κ2) is 20.8. The highest BCUT2D eigenvalue weighted by molar-refractivity contribution is 8.23. The maximum atomic E-state index is 12.0. The zero-order chi connectivity index (χ0) is 30.5. The Bertz CT molecular complexity index is 805. The molecule has 0 bridgehead atoms. The van der Waals surface area contributed by atoms with Gasteiger partial charge in [0.1, 0.15) is 0 Å². The van der Waals surface area contributed by atoms with Gasteiger partial charge in [0, 0.05) is 44.0 Å². The molecule has 0 aromatic rings. The predicted molar refractivity (Wildman–Crippen MR) is 208 cm³/mol. The fraction of sp³-hybridized carbons (Fsp3) is 0.812. The zero-order valence-electron chi connectivity index (χ0n) is 26.0. The van der Waals surface area contributed by atoms with Crippen LogP contribution >= 0.6 is 94.1 Å². The van der Waals surface area contributed by atoms with Crippen molar-refractivity contribution in [1.82, 2.24) is 0 Å². The summed E-state index contributed by atoms with van der Waals surface area (Å²) in [5, 5.41) is 2.98. The maximum absolute atomic E-state index is 12.0. The van der Waals surface area contributed by atoms with Crippen LogP contribution in [0.15, 0.2) is 24.3 Å². The number of rotatable bonds is 18. The number of carbonyl (C=O) groups excluding carboxylic acids is 2. The summed E-state index contributed by atoms with van der Waals surface area (Å²) < 4.78 is 1.36. The predicted octanol–water partition coefficient (Wildman–Crippen LogP) is 10.6. The topological polar surface area (TPSA) is 34.1 Å². The van der Waals surface area contributed by atoms with Crippen LogP contribution in [0.4, 0.5) is 0 Å². The van der Waals surface area contributed by atoms with Gasteiger partial charge in [-0.1, -0.05) is 63.4 Å². The van der Waals surface area contributed by atoms with Gasteiger partial charge in [0.15, 0.2) is 0 Å². The van der Waals surface area contributed by atoms with Crippen molar-refractivity contribution >= 4 is 104 Å². The molecule has 0 amide bonds. The number of hydrogen-bond acceptors (Lipinski definition) is 10. The fourth-order valence-electron chi connectivity index (χ4n) is 5.34. The van der Waals surface area contributed by atoms with Crippen LogP contribution in [0.2, 0.25) is 0 Å². The third-order valence-electron chi connectivity index (χ3n) is 7.86. The summed E-state index contributed by atoms with van der Waals surface area (Å²) in [7, 11) is 0. The van der Waals surface area contributed by atoms with Crippen molar-refractivity contribution in [3.05, 3.63) is 24.3 Å². The van der Waals surface area contributed by atoms with Gasteiger partial charge in [-0.2, -0.15) is 23.5 Å². The Morgan fingerprint density at radius 1 is 0.690 bits per heavy atom. The lowest BCUT2D eigenvalue weighted by molar-refractivity contribution is -0.108. The molecule has 0 aromatic heterocycles. The average Bonchev–Trinajstić information content (AvgIpc) is 3.65. The van der Waals surface area contributed by atoms with E-state index in [1.807, 2.05) is 13.8 Å². The first kappa shape index (κ1) is 38.1. The van der Waals surface area contributed by atoms with Crippen LogP contribution in [0.3, 0.4) is 0 Å². The summed E-state index contributed by atoms with van der Waals surface area (Å²) >= 11 is 16.0. The third kappa shape index (κ3) is 13.4. The lowest BCUT2D eigenvalue weighted by atomic mass is 9.84. The standard InChI is InChI=1S/C32H52O2S8/c1-7-9-27(31-39-19-25(41-31)17-37-29(33)21(3)4)35-15-23-11-13-24(14-12-23)16-36-28(10-8-2)32-40-20-26(42-32)18-38-30(34)22(5)6/h23-28,31-32H,3,5,7-20H2,1-2,4,6H3. The van der Waals surface area contributed by atoms with Crippen molar-refractivity contribution in [2.75, 3.05) is 34.5 Å². The van der Waals surface area contributed by atoms with E-state index in [2.05, 4.69) is 97.6 Å². The molecular weight excluding hydrogens is 673 g/mol. The van der Waals surface area contributed by atoms with E-state index in [-0.39, 0.29) is 10.2 Å². The van der Waals surface area contributed by atoms with E-state index in [4.69, 9.17) is 0 Å². The summed E-state index contributed by atoms with van der Waals surface area (Å²) in [4.78, 5) is 24.0. The van der Waals surface area contributed by atoms with Crippen LogP contribution < -0.4 is 0 Å². The number of carbonyl (C=O) groups is 2. The molecule has 3 fully saturated rings. The smallest absolute Gasteiger partial charge is 0.214 e. The van der Waals surface area contributed by atoms with Gasteiger partial charge in [-0.25, -0.2) is 0 Å². The number of hydrogen-bond donors (Lipinski definition) is 0. The van der Waals surface area contributed by atoms with E-state index in [0.717, 1.165) is 33.8 Å². The van der Waals surface area contributed by atoms with Crippen LogP contribution in [0, 0.1) is 11.8 Å². The van der Waals surface area contributed by atoms with Crippen LogP contribution in [-0.2, 0) is 9.59 Å². The lowest BCUT2D eigenvalue weighted by Crippen LogP contribution is -2.23. The normalized spacial score (nSPS) is 29.3. The highest BCUT2D eigenvalue weighted by atomic mass is 32.2. The Labute approximate surface area is 291 Å². The molecule has 0 radical (unpaired) electrons. The van der Waals surface area contributed by atoms with E-state index in [9.17, 15) is 9.59 Å². The molecule has 1 saturated carbocycles. The molecule has 2 aliphatic heterocycles. The summed E-state index contributed by atoms with van der Waals surface area (Å²) in [6, 6.07) is 0. The molecule has 0 aromatic carbocycles. The lowest BCUT2D eigenvalue weighted by Gasteiger charge is -2.31. The minimum Gasteiger partial charge on any atom is -0.282 e. The van der Waals surface area contributed by atoms with E-state index in [1.54, 1.807) is 0 Å². The molecule has 3 rings (SSSR count). The van der Waals surface area contributed by atoms with Crippen molar-refractivity contribution in [2.45, 2.75) is 109 Å². The highest BCUT2D eigenvalue weighted by Crippen LogP contribution is 2.48. The first-order chi connectivity index (χ1) is 20.2. The fourth-order valence-corrected chi connectivity index (χ4v) is 19.0. The molecule has 2 heterocycles. The summed E-state index contributed by atoms with van der Waals surface area (Å²) in [5.41, 5.74) is 1.34. The third-order valence-corrected chi connectivity index (χ3v) is 21.6. The molecule has 0 N–H and O–H groups in total. The molecule has 1 aliphatic carbocycles. The zero-order valence-corrected chi connectivity index (χ0v) is 32.5. The maximum Gasteiger partial charge on any atom is 0.214 e. The molecule has 10 heteroatoms.